The van der Waals surface area contributed by atoms with Crippen molar-refractivity contribution in [2.75, 3.05) is 0 Å². The van der Waals surface area contributed by atoms with Gasteiger partial charge in [0.2, 0.25) is 5.91 Å². The fraction of sp³-hybridized carbons (Fsp3) is 0.769. The minimum absolute atomic E-state index is 0.191. The third-order valence-corrected chi connectivity index (χ3v) is 2.64. The highest BCUT2D eigenvalue weighted by molar-refractivity contribution is 5.73. The van der Waals surface area contributed by atoms with Crippen molar-refractivity contribution in [2.24, 2.45) is 5.73 Å². The number of allylic oxidation sites excluding steroid dienone is 1. The van der Waals surface area contributed by atoms with Gasteiger partial charge in [-0.25, -0.2) is 0 Å². The molecule has 0 atom stereocenters. The average Bonchev–Trinajstić information content (AvgIpc) is 2.20. The number of rotatable bonds is 11. The molecule has 0 aliphatic heterocycles. The van der Waals surface area contributed by atoms with E-state index in [0.29, 0.717) is 12.2 Å². The third kappa shape index (κ3) is 13.0. The zero-order chi connectivity index (χ0) is 12.2. The maximum atomic E-state index is 10.5. The summed E-state index contributed by atoms with van der Waals surface area (Å²) in [6.45, 7) is 3.45. The monoisotopic (exact) mass is 227 g/mol. The Balaban J connectivity index is 2.98. The van der Waals surface area contributed by atoms with E-state index in [1.165, 1.54) is 32.1 Å². The SMILES string of the molecule is C=C(O)CCCCCCCCCCC(N)=O. The lowest BCUT2D eigenvalue weighted by atomic mass is 10.1. The maximum Gasteiger partial charge on any atom is 0.217 e. The van der Waals surface area contributed by atoms with Gasteiger partial charge in [-0.3, -0.25) is 4.79 Å². The zero-order valence-electron chi connectivity index (χ0n) is 10.2. The number of hydrogen-bond acceptors (Lipinski definition) is 2. The van der Waals surface area contributed by atoms with Gasteiger partial charge in [0.1, 0.15) is 0 Å². The molecule has 0 spiro atoms. The zero-order valence-corrected chi connectivity index (χ0v) is 10.2. The first-order valence-electron chi connectivity index (χ1n) is 6.28. The molecule has 0 saturated heterocycles. The van der Waals surface area contributed by atoms with E-state index < -0.39 is 0 Å². The standard InChI is InChI=1S/C13H25NO2/c1-12(15)10-8-6-4-2-3-5-7-9-11-13(14)16/h15H,1-11H2,(H2,14,16). The first-order chi connectivity index (χ1) is 7.63. The molecule has 3 nitrogen and oxygen atoms in total. The van der Waals surface area contributed by atoms with Crippen LogP contribution in [0.15, 0.2) is 12.3 Å². The van der Waals surface area contributed by atoms with Crippen LogP contribution in [0.5, 0.6) is 0 Å². The first-order valence-corrected chi connectivity index (χ1v) is 6.28. The number of unbranched alkanes of at least 4 members (excludes halogenated alkanes) is 7. The molecule has 0 aromatic heterocycles. The molecule has 1 amide bonds. The second kappa shape index (κ2) is 10.5. The quantitative estimate of drug-likeness (QED) is 0.419. The molecule has 0 heterocycles. The van der Waals surface area contributed by atoms with Gasteiger partial charge < -0.3 is 10.8 Å². The van der Waals surface area contributed by atoms with Gasteiger partial charge in [-0.2, -0.15) is 0 Å². The first kappa shape index (κ1) is 15.0. The number of carbonyl (C=O) groups is 1. The summed E-state index contributed by atoms with van der Waals surface area (Å²) in [6.07, 6.45) is 10.4. The van der Waals surface area contributed by atoms with Crippen molar-refractivity contribution in [1.82, 2.24) is 0 Å². The van der Waals surface area contributed by atoms with Crippen LogP contribution in [0.4, 0.5) is 0 Å². The Morgan fingerprint density at radius 2 is 1.25 bits per heavy atom. The molecule has 0 rings (SSSR count). The lowest BCUT2D eigenvalue weighted by Crippen LogP contribution is -2.09. The third-order valence-electron chi connectivity index (χ3n) is 2.64. The van der Waals surface area contributed by atoms with E-state index in [4.69, 9.17) is 10.8 Å². The van der Waals surface area contributed by atoms with Crippen molar-refractivity contribution in [3.63, 3.8) is 0 Å². The summed E-state index contributed by atoms with van der Waals surface area (Å²) in [5, 5.41) is 8.86. The van der Waals surface area contributed by atoms with Gasteiger partial charge in [-0.1, -0.05) is 45.1 Å². The molecule has 3 N–H and O–H groups in total. The summed E-state index contributed by atoms with van der Waals surface area (Å²) in [4.78, 5) is 10.5. The molecule has 0 aromatic carbocycles. The van der Waals surface area contributed by atoms with Gasteiger partial charge in [0.15, 0.2) is 0 Å². The van der Waals surface area contributed by atoms with Crippen molar-refractivity contribution >= 4 is 5.91 Å². The second-order valence-electron chi connectivity index (χ2n) is 4.36. The summed E-state index contributed by atoms with van der Waals surface area (Å²) in [6, 6.07) is 0. The minimum Gasteiger partial charge on any atom is -0.513 e. The van der Waals surface area contributed by atoms with E-state index in [1.807, 2.05) is 0 Å². The molecule has 16 heavy (non-hydrogen) atoms. The van der Waals surface area contributed by atoms with Gasteiger partial charge >= 0.3 is 0 Å². The average molecular weight is 227 g/mol. The van der Waals surface area contributed by atoms with Crippen LogP contribution in [0.25, 0.3) is 0 Å². The number of aliphatic hydroxyl groups excluding tert-OH is 1. The van der Waals surface area contributed by atoms with Gasteiger partial charge in [-0.05, 0) is 12.8 Å². The predicted octanol–water partition coefficient (Wildman–Crippen LogP) is 3.44. The largest absolute Gasteiger partial charge is 0.513 e. The van der Waals surface area contributed by atoms with Gasteiger partial charge in [0.05, 0.1) is 5.76 Å². The Morgan fingerprint density at radius 3 is 1.62 bits per heavy atom. The topological polar surface area (TPSA) is 63.3 Å². The number of amides is 1. The molecule has 0 radical (unpaired) electrons. The Hall–Kier alpha value is -0.990. The van der Waals surface area contributed by atoms with E-state index in [-0.39, 0.29) is 5.91 Å². The van der Waals surface area contributed by atoms with Crippen LogP contribution in [0.1, 0.15) is 64.2 Å². The lowest BCUT2D eigenvalue weighted by molar-refractivity contribution is -0.118. The number of primary amides is 1. The molecule has 0 saturated carbocycles. The van der Waals surface area contributed by atoms with Crippen molar-refractivity contribution in [1.29, 1.82) is 0 Å². The predicted molar refractivity (Wildman–Crippen MR) is 67.1 cm³/mol. The highest BCUT2D eigenvalue weighted by atomic mass is 16.3. The fourth-order valence-electron chi connectivity index (χ4n) is 1.69. The van der Waals surface area contributed by atoms with Gasteiger partial charge in [0, 0.05) is 12.8 Å². The van der Waals surface area contributed by atoms with E-state index >= 15 is 0 Å². The molecule has 0 aliphatic rings. The van der Waals surface area contributed by atoms with Crippen LogP contribution in [0.2, 0.25) is 0 Å². The highest BCUT2D eigenvalue weighted by Gasteiger charge is 1.95. The van der Waals surface area contributed by atoms with Gasteiger partial charge in [0.25, 0.3) is 0 Å². The number of aliphatic hydroxyl groups is 1. The normalized spacial score (nSPS) is 10.2. The maximum absolute atomic E-state index is 10.5. The molecule has 0 fully saturated rings. The van der Waals surface area contributed by atoms with Crippen molar-refractivity contribution in [3.05, 3.63) is 12.3 Å². The van der Waals surface area contributed by atoms with Crippen LogP contribution >= 0.6 is 0 Å². The number of carbonyl (C=O) groups excluding carboxylic acids is 1. The van der Waals surface area contributed by atoms with Crippen LogP contribution in [-0.2, 0) is 4.79 Å². The van der Waals surface area contributed by atoms with E-state index in [0.717, 1.165) is 25.7 Å². The Kier molecular flexibility index (Phi) is 9.87. The Bertz CT molecular complexity index is 180. The Morgan fingerprint density at radius 1 is 0.875 bits per heavy atom. The number of hydrogen-bond donors (Lipinski definition) is 2. The molecule has 94 valence electrons. The van der Waals surface area contributed by atoms with Crippen molar-refractivity contribution < 1.29 is 9.90 Å². The van der Waals surface area contributed by atoms with E-state index in [9.17, 15) is 4.79 Å². The molecule has 0 aliphatic carbocycles. The summed E-state index contributed by atoms with van der Waals surface area (Å²) >= 11 is 0. The number of nitrogens with two attached hydrogens (primary N) is 1. The van der Waals surface area contributed by atoms with Crippen molar-refractivity contribution in [3.8, 4) is 0 Å². The highest BCUT2D eigenvalue weighted by Crippen LogP contribution is 2.11. The summed E-state index contributed by atoms with van der Waals surface area (Å²) in [5.41, 5.74) is 5.05. The Labute approximate surface area is 98.7 Å². The summed E-state index contributed by atoms with van der Waals surface area (Å²) in [5.74, 6) is 0.107. The van der Waals surface area contributed by atoms with Crippen LogP contribution in [0, 0.1) is 0 Å². The lowest BCUT2D eigenvalue weighted by Gasteiger charge is -2.01. The molecule has 3 heteroatoms. The van der Waals surface area contributed by atoms with Crippen LogP contribution < -0.4 is 5.73 Å². The van der Waals surface area contributed by atoms with E-state index in [2.05, 4.69) is 6.58 Å². The minimum atomic E-state index is -0.191. The molecular weight excluding hydrogens is 202 g/mol. The van der Waals surface area contributed by atoms with Crippen LogP contribution in [0.3, 0.4) is 0 Å². The fourth-order valence-corrected chi connectivity index (χ4v) is 1.69. The summed E-state index contributed by atoms with van der Waals surface area (Å²) < 4.78 is 0. The molecule has 0 bridgehead atoms. The molecule has 0 unspecified atom stereocenters. The smallest absolute Gasteiger partial charge is 0.217 e. The van der Waals surface area contributed by atoms with Gasteiger partial charge in [-0.15, -0.1) is 0 Å². The molecular formula is C13H25NO2. The van der Waals surface area contributed by atoms with Crippen LogP contribution in [-0.4, -0.2) is 11.0 Å². The van der Waals surface area contributed by atoms with E-state index in [1.54, 1.807) is 0 Å². The molecule has 0 aromatic rings. The second-order valence-corrected chi connectivity index (χ2v) is 4.36. The van der Waals surface area contributed by atoms with Crippen molar-refractivity contribution in [2.45, 2.75) is 64.2 Å². The summed E-state index contributed by atoms with van der Waals surface area (Å²) in [7, 11) is 0.